The molecular weight excluding hydrogens is 561 g/mol. The zero-order valence-corrected chi connectivity index (χ0v) is 16.6. The van der Waals surface area contributed by atoms with Gasteiger partial charge in [0.25, 0.3) is 0 Å². The molecule has 0 saturated carbocycles. The van der Waals surface area contributed by atoms with E-state index < -0.39 is 26.9 Å². The third kappa shape index (κ3) is 7.18. The molecule has 1 radical (unpaired) electrons. The minimum absolute atomic E-state index is 0. The smallest absolute Gasteiger partial charge is 0.305 e. The SMILES string of the molecule is O=S(=O)(O)c1cc(C(F)(F)F)ccn1.[Ir].[c-]1ccccc1-c1ccccn1. The van der Waals surface area contributed by atoms with Gasteiger partial charge in [-0.25, -0.2) is 4.98 Å². The summed E-state index contributed by atoms with van der Waals surface area (Å²) in [5.74, 6) is 0. The van der Waals surface area contributed by atoms with Crippen molar-refractivity contribution in [2.24, 2.45) is 0 Å². The van der Waals surface area contributed by atoms with Crippen LogP contribution < -0.4 is 0 Å². The van der Waals surface area contributed by atoms with E-state index in [0.29, 0.717) is 12.3 Å². The summed E-state index contributed by atoms with van der Waals surface area (Å²) in [6.45, 7) is 0. The zero-order chi connectivity index (χ0) is 19.2. The van der Waals surface area contributed by atoms with E-state index in [9.17, 15) is 21.6 Å². The van der Waals surface area contributed by atoms with Crippen molar-refractivity contribution in [3.8, 4) is 11.3 Å². The molecule has 0 atom stereocenters. The molecule has 0 saturated heterocycles. The average Bonchev–Trinajstić information content (AvgIpc) is 2.62. The fraction of sp³-hybridized carbons (Fsp3) is 0.0588. The van der Waals surface area contributed by atoms with Gasteiger partial charge in [0.15, 0.2) is 5.03 Å². The van der Waals surface area contributed by atoms with Crippen LogP contribution in [-0.4, -0.2) is 22.9 Å². The van der Waals surface area contributed by atoms with Crippen molar-refractivity contribution in [2.75, 3.05) is 0 Å². The van der Waals surface area contributed by atoms with Crippen LogP contribution in [0.5, 0.6) is 0 Å². The number of nitrogens with zero attached hydrogens (tertiary/aromatic N) is 2. The molecule has 10 heteroatoms. The normalized spacial score (nSPS) is 11.0. The molecule has 1 N–H and O–H groups in total. The third-order valence-electron chi connectivity index (χ3n) is 2.98. The Hall–Kier alpha value is -2.13. The van der Waals surface area contributed by atoms with E-state index in [1.165, 1.54) is 0 Å². The molecule has 0 amide bonds. The first-order valence-corrected chi connectivity index (χ1v) is 8.51. The van der Waals surface area contributed by atoms with E-state index >= 15 is 0 Å². The van der Waals surface area contributed by atoms with E-state index in [4.69, 9.17) is 4.55 Å². The summed E-state index contributed by atoms with van der Waals surface area (Å²) in [5, 5.41) is -1.02. The van der Waals surface area contributed by atoms with Gasteiger partial charge in [-0.2, -0.15) is 21.6 Å². The maximum Gasteiger partial charge on any atom is 0.416 e. The van der Waals surface area contributed by atoms with E-state index in [1.807, 2.05) is 42.5 Å². The Morgan fingerprint density at radius 3 is 2.19 bits per heavy atom. The zero-order valence-electron chi connectivity index (χ0n) is 13.4. The molecule has 1 aromatic carbocycles. The molecule has 0 aliphatic carbocycles. The average molecular weight is 574 g/mol. The predicted octanol–water partition coefficient (Wildman–Crippen LogP) is 3.89. The Bertz CT molecular complexity index is 916. The van der Waals surface area contributed by atoms with Gasteiger partial charge >= 0.3 is 16.3 Å². The summed E-state index contributed by atoms with van der Waals surface area (Å²) in [5.41, 5.74) is 0.830. The minimum atomic E-state index is -4.70. The van der Waals surface area contributed by atoms with E-state index in [1.54, 1.807) is 6.20 Å². The molecule has 0 unspecified atom stereocenters. The van der Waals surface area contributed by atoms with Crippen LogP contribution in [0.1, 0.15) is 5.56 Å². The maximum atomic E-state index is 12.1. The topological polar surface area (TPSA) is 80.2 Å². The van der Waals surface area contributed by atoms with Crippen molar-refractivity contribution < 1.29 is 46.2 Å². The fourth-order valence-corrected chi connectivity index (χ4v) is 2.27. The summed E-state index contributed by atoms with van der Waals surface area (Å²) >= 11 is 0. The summed E-state index contributed by atoms with van der Waals surface area (Å²) < 4.78 is 65.5. The predicted molar refractivity (Wildman–Crippen MR) is 87.6 cm³/mol. The quantitative estimate of drug-likeness (QED) is 0.372. The molecule has 27 heavy (non-hydrogen) atoms. The van der Waals surface area contributed by atoms with Crippen molar-refractivity contribution in [3.05, 3.63) is 78.6 Å². The van der Waals surface area contributed by atoms with Gasteiger partial charge in [0, 0.05) is 32.5 Å². The maximum absolute atomic E-state index is 12.1. The Kier molecular flexibility index (Phi) is 8.23. The first kappa shape index (κ1) is 22.9. The van der Waals surface area contributed by atoms with Crippen molar-refractivity contribution >= 4 is 10.1 Å². The van der Waals surface area contributed by atoms with Gasteiger partial charge in [-0.15, -0.1) is 35.9 Å². The Labute approximate surface area is 167 Å². The molecule has 5 nitrogen and oxygen atoms in total. The number of hydrogen-bond donors (Lipinski definition) is 1. The van der Waals surface area contributed by atoms with Gasteiger partial charge in [-0.1, -0.05) is 12.1 Å². The summed E-state index contributed by atoms with van der Waals surface area (Å²) in [6.07, 6.45) is -2.22. The number of alkyl halides is 3. The van der Waals surface area contributed by atoms with Crippen LogP contribution in [0.15, 0.2) is 72.0 Å². The Morgan fingerprint density at radius 2 is 1.67 bits per heavy atom. The number of rotatable bonds is 2. The largest absolute Gasteiger partial charge is 0.416 e. The van der Waals surface area contributed by atoms with Crippen LogP contribution in [0, 0.1) is 6.07 Å². The first-order chi connectivity index (χ1) is 12.2. The summed E-state index contributed by atoms with van der Waals surface area (Å²) in [6, 6.07) is 17.7. The van der Waals surface area contributed by atoms with Crippen molar-refractivity contribution in [2.45, 2.75) is 11.2 Å². The molecule has 0 fully saturated rings. The monoisotopic (exact) mass is 574 g/mol. The van der Waals surface area contributed by atoms with Gasteiger partial charge in [-0.3, -0.25) is 4.55 Å². The Morgan fingerprint density at radius 1 is 0.963 bits per heavy atom. The number of pyridine rings is 2. The van der Waals surface area contributed by atoms with Crippen molar-refractivity contribution in [1.82, 2.24) is 9.97 Å². The molecule has 0 spiro atoms. The van der Waals surface area contributed by atoms with Crippen LogP contribution in [0.25, 0.3) is 11.3 Å². The van der Waals surface area contributed by atoms with Crippen LogP contribution in [-0.2, 0) is 36.4 Å². The molecule has 0 aliphatic heterocycles. The summed E-state index contributed by atoms with van der Waals surface area (Å²) in [7, 11) is -4.70. The molecule has 2 heterocycles. The van der Waals surface area contributed by atoms with Gasteiger partial charge in [0.1, 0.15) is 0 Å². The van der Waals surface area contributed by atoms with Crippen LogP contribution >= 0.6 is 0 Å². The summed E-state index contributed by atoms with van der Waals surface area (Å²) in [4.78, 5) is 7.30. The fourth-order valence-electron chi connectivity index (χ4n) is 1.80. The van der Waals surface area contributed by atoms with Crippen LogP contribution in [0.3, 0.4) is 0 Å². The third-order valence-corrected chi connectivity index (χ3v) is 3.73. The van der Waals surface area contributed by atoms with Gasteiger partial charge in [0.05, 0.1) is 5.56 Å². The van der Waals surface area contributed by atoms with E-state index in [0.717, 1.165) is 11.3 Å². The number of benzene rings is 1. The second-order valence-electron chi connectivity index (χ2n) is 4.85. The van der Waals surface area contributed by atoms with E-state index in [-0.39, 0.29) is 26.2 Å². The van der Waals surface area contributed by atoms with Crippen LogP contribution in [0.2, 0.25) is 0 Å². The van der Waals surface area contributed by atoms with E-state index in [2.05, 4.69) is 16.0 Å². The minimum Gasteiger partial charge on any atom is -0.305 e. The Balaban J connectivity index is 0.000000262. The van der Waals surface area contributed by atoms with Crippen molar-refractivity contribution in [3.63, 3.8) is 0 Å². The number of hydrogen-bond acceptors (Lipinski definition) is 4. The number of aromatic nitrogens is 2. The first-order valence-electron chi connectivity index (χ1n) is 7.07. The number of halogens is 3. The molecular formula is C17H12F3IrN2O3S-. The standard InChI is InChI=1S/C11H8N.C6H4F3NO3S.Ir/c1-2-6-10(7-3-1)11-8-4-5-9-12-11;7-6(8,9)4-1-2-10-5(3-4)14(11,12)13;/h1-6,8-9H;1-3H,(H,11,12,13);/q-1;;. The van der Waals surface area contributed by atoms with Crippen molar-refractivity contribution in [1.29, 1.82) is 0 Å². The molecule has 0 bridgehead atoms. The second kappa shape index (κ2) is 9.70. The second-order valence-corrected chi connectivity index (χ2v) is 6.22. The van der Waals surface area contributed by atoms with Gasteiger partial charge in [-0.05, 0) is 23.9 Å². The molecule has 3 aromatic rings. The molecule has 2 aromatic heterocycles. The molecule has 0 aliphatic rings. The van der Waals surface area contributed by atoms with Crippen LogP contribution in [0.4, 0.5) is 13.2 Å². The molecule has 145 valence electrons. The van der Waals surface area contributed by atoms with Gasteiger partial charge in [0.2, 0.25) is 0 Å². The molecule has 3 rings (SSSR count). The van der Waals surface area contributed by atoms with Gasteiger partial charge < -0.3 is 4.98 Å².